The molecule has 0 unspecified atom stereocenters. The van der Waals surface area contributed by atoms with Crippen LogP contribution in [0.1, 0.15) is 26.2 Å². The third-order valence-electron chi connectivity index (χ3n) is 1.84. The summed E-state index contributed by atoms with van der Waals surface area (Å²) in [5, 5.41) is 0. The van der Waals surface area contributed by atoms with Gasteiger partial charge in [-0.3, -0.25) is 0 Å². The lowest BCUT2D eigenvalue weighted by Crippen LogP contribution is -2.49. The van der Waals surface area contributed by atoms with Crippen LogP contribution in [0.4, 0.5) is 17.6 Å². The van der Waals surface area contributed by atoms with Gasteiger partial charge in [0.05, 0.1) is 13.7 Å². The zero-order valence-electron chi connectivity index (χ0n) is 9.07. The molecule has 0 aliphatic heterocycles. The van der Waals surface area contributed by atoms with Crippen molar-refractivity contribution < 1.29 is 31.8 Å². The van der Waals surface area contributed by atoms with Gasteiger partial charge in [-0.2, -0.15) is 17.6 Å². The summed E-state index contributed by atoms with van der Waals surface area (Å²) in [6.45, 7) is 1.29. The van der Waals surface area contributed by atoms with E-state index in [1.165, 1.54) is 0 Å². The molecule has 0 saturated heterocycles. The first kappa shape index (κ1) is 15.2. The van der Waals surface area contributed by atoms with Gasteiger partial charge in [-0.25, -0.2) is 4.79 Å². The van der Waals surface area contributed by atoms with E-state index in [-0.39, 0.29) is 6.42 Å². The Bertz CT molecular complexity index is 231. The van der Waals surface area contributed by atoms with Gasteiger partial charge in [0.15, 0.2) is 0 Å². The molecule has 0 spiro atoms. The smallest absolute Gasteiger partial charge is 0.431 e. The number of rotatable bonds is 7. The Balaban J connectivity index is 4.34. The minimum Gasteiger partial charge on any atom is -0.464 e. The SMILES string of the molecule is CCCCCOC(F)(F)C(F)(F)C(=O)OC. The minimum atomic E-state index is -4.96. The fourth-order valence-electron chi connectivity index (χ4n) is 0.890. The molecule has 16 heavy (non-hydrogen) atoms. The third kappa shape index (κ3) is 3.62. The molecule has 0 amide bonds. The number of carbonyl (C=O) groups is 1. The molecule has 0 radical (unpaired) electrons. The maximum Gasteiger partial charge on any atom is 0.431 e. The van der Waals surface area contributed by atoms with Crippen molar-refractivity contribution in [2.24, 2.45) is 0 Å². The molecular weight excluding hydrogens is 232 g/mol. The van der Waals surface area contributed by atoms with Crippen LogP contribution in [0.25, 0.3) is 0 Å². The van der Waals surface area contributed by atoms with Gasteiger partial charge in [-0.05, 0) is 6.42 Å². The summed E-state index contributed by atoms with van der Waals surface area (Å²) in [6.07, 6.45) is -3.29. The molecule has 0 aromatic rings. The summed E-state index contributed by atoms with van der Waals surface area (Å²) in [5.41, 5.74) is 0. The van der Waals surface area contributed by atoms with E-state index in [2.05, 4.69) is 9.47 Å². The van der Waals surface area contributed by atoms with E-state index in [1.807, 2.05) is 6.92 Å². The first-order chi connectivity index (χ1) is 7.29. The predicted octanol–water partition coefficient (Wildman–Crippen LogP) is 2.59. The zero-order valence-corrected chi connectivity index (χ0v) is 9.07. The molecule has 0 saturated carbocycles. The molecule has 0 aliphatic carbocycles. The summed E-state index contributed by atoms with van der Waals surface area (Å²) in [6, 6.07) is 0. The van der Waals surface area contributed by atoms with Crippen LogP contribution < -0.4 is 0 Å². The van der Waals surface area contributed by atoms with Crippen molar-refractivity contribution in [3.05, 3.63) is 0 Å². The Morgan fingerprint density at radius 1 is 1.19 bits per heavy atom. The van der Waals surface area contributed by atoms with E-state index in [1.54, 1.807) is 0 Å². The minimum absolute atomic E-state index is 0.226. The van der Waals surface area contributed by atoms with Crippen molar-refractivity contribution in [3.63, 3.8) is 0 Å². The predicted molar refractivity (Wildman–Crippen MR) is 47.4 cm³/mol. The molecule has 0 atom stereocenters. The second-order valence-corrected chi connectivity index (χ2v) is 3.14. The fraction of sp³-hybridized carbons (Fsp3) is 0.889. The summed E-state index contributed by atoms with van der Waals surface area (Å²) in [4.78, 5) is 10.4. The van der Waals surface area contributed by atoms with Crippen LogP contribution in [-0.4, -0.2) is 31.7 Å². The average molecular weight is 246 g/mol. The lowest BCUT2D eigenvalue weighted by molar-refractivity contribution is -0.339. The van der Waals surface area contributed by atoms with Crippen molar-refractivity contribution in [1.82, 2.24) is 0 Å². The molecule has 3 nitrogen and oxygen atoms in total. The summed E-state index contributed by atoms with van der Waals surface area (Å²) < 4.78 is 58.4. The van der Waals surface area contributed by atoms with Crippen LogP contribution in [0.15, 0.2) is 0 Å². The normalized spacial score (nSPS) is 12.6. The summed E-state index contributed by atoms with van der Waals surface area (Å²) in [7, 11) is 0.601. The van der Waals surface area contributed by atoms with Crippen molar-refractivity contribution in [3.8, 4) is 0 Å². The molecule has 96 valence electrons. The molecule has 0 aromatic carbocycles. The monoisotopic (exact) mass is 246 g/mol. The number of unbranched alkanes of at least 4 members (excludes halogenated alkanes) is 2. The van der Waals surface area contributed by atoms with E-state index in [4.69, 9.17) is 0 Å². The van der Waals surface area contributed by atoms with Crippen LogP contribution in [0.2, 0.25) is 0 Å². The lowest BCUT2D eigenvalue weighted by Gasteiger charge is -2.23. The molecule has 0 heterocycles. The number of carbonyl (C=O) groups excluding carboxylic acids is 1. The zero-order chi connectivity index (χ0) is 12.8. The number of alkyl halides is 4. The molecule has 7 heteroatoms. The van der Waals surface area contributed by atoms with Gasteiger partial charge in [0, 0.05) is 0 Å². The second-order valence-electron chi connectivity index (χ2n) is 3.14. The van der Waals surface area contributed by atoms with Gasteiger partial charge in [0.1, 0.15) is 0 Å². The Kier molecular flexibility index (Phi) is 5.71. The Morgan fingerprint density at radius 3 is 2.19 bits per heavy atom. The number of esters is 1. The van der Waals surface area contributed by atoms with Crippen LogP contribution in [-0.2, 0) is 14.3 Å². The van der Waals surface area contributed by atoms with Gasteiger partial charge in [-0.15, -0.1) is 0 Å². The Morgan fingerprint density at radius 2 is 1.75 bits per heavy atom. The first-order valence-electron chi connectivity index (χ1n) is 4.77. The third-order valence-corrected chi connectivity index (χ3v) is 1.84. The number of methoxy groups -OCH3 is 1. The second kappa shape index (κ2) is 6.03. The van der Waals surface area contributed by atoms with E-state index in [0.717, 1.165) is 6.42 Å². The Labute approximate surface area is 90.7 Å². The van der Waals surface area contributed by atoms with Gasteiger partial charge < -0.3 is 9.47 Å². The van der Waals surface area contributed by atoms with E-state index < -0.39 is 24.6 Å². The standard InChI is InChI=1S/C9H14F4O3/c1-3-4-5-6-16-9(12,13)8(10,11)7(14)15-2/h3-6H2,1-2H3. The number of hydrogen-bond acceptors (Lipinski definition) is 3. The summed E-state index contributed by atoms with van der Waals surface area (Å²) >= 11 is 0. The van der Waals surface area contributed by atoms with Crippen LogP contribution in [0, 0.1) is 0 Å². The lowest BCUT2D eigenvalue weighted by atomic mass is 10.2. The fourth-order valence-corrected chi connectivity index (χ4v) is 0.890. The van der Waals surface area contributed by atoms with Crippen molar-refractivity contribution in [2.45, 2.75) is 38.2 Å². The highest BCUT2D eigenvalue weighted by Crippen LogP contribution is 2.36. The van der Waals surface area contributed by atoms with Crippen molar-refractivity contribution in [1.29, 1.82) is 0 Å². The largest absolute Gasteiger partial charge is 0.464 e. The van der Waals surface area contributed by atoms with Crippen LogP contribution in [0.3, 0.4) is 0 Å². The van der Waals surface area contributed by atoms with Gasteiger partial charge in [0.2, 0.25) is 0 Å². The number of halogens is 4. The Hall–Kier alpha value is -0.850. The molecule has 0 fully saturated rings. The maximum absolute atomic E-state index is 12.8. The van der Waals surface area contributed by atoms with Crippen LogP contribution in [0.5, 0.6) is 0 Å². The van der Waals surface area contributed by atoms with Crippen molar-refractivity contribution in [2.75, 3.05) is 13.7 Å². The molecule has 0 aliphatic rings. The molecule has 0 rings (SSSR count). The molecular formula is C9H14F4O3. The van der Waals surface area contributed by atoms with Gasteiger partial charge in [0.25, 0.3) is 0 Å². The van der Waals surface area contributed by atoms with Gasteiger partial charge >= 0.3 is 18.0 Å². The molecule has 0 N–H and O–H groups in total. The van der Waals surface area contributed by atoms with Gasteiger partial charge in [-0.1, -0.05) is 19.8 Å². The highest BCUT2D eigenvalue weighted by molar-refractivity contribution is 5.78. The summed E-state index contributed by atoms with van der Waals surface area (Å²) in [5.74, 6) is -7.28. The first-order valence-corrected chi connectivity index (χ1v) is 4.77. The number of ether oxygens (including phenoxy) is 2. The highest BCUT2D eigenvalue weighted by Gasteiger charge is 2.64. The molecule has 0 aromatic heterocycles. The topological polar surface area (TPSA) is 35.5 Å². The van der Waals surface area contributed by atoms with E-state index >= 15 is 0 Å². The van der Waals surface area contributed by atoms with E-state index in [0.29, 0.717) is 13.5 Å². The molecule has 0 bridgehead atoms. The van der Waals surface area contributed by atoms with E-state index in [9.17, 15) is 22.4 Å². The highest BCUT2D eigenvalue weighted by atomic mass is 19.3. The van der Waals surface area contributed by atoms with Crippen molar-refractivity contribution >= 4 is 5.97 Å². The average Bonchev–Trinajstić information content (AvgIpc) is 2.22. The maximum atomic E-state index is 12.8. The quantitative estimate of drug-likeness (QED) is 0.393. The number of hydrogen-bond donors (Lipinski definition) is 0. The van der Waals surface area contributed by atoms with Crippen LogP contribution >= 0.6 is 0 Å².